The molecule has 0 unspecified atom stereocenters. The summed E-state index contributed by atoms with van der Waals surface area (Å²) < 4.78 is 0. The minimum absolute atomic E-state index is 0.650. The molecule has 3 heteroatoms. The highest BCUT2D eigenvalue weighted by Gasteiger charge is 2.30. The van der Waals surface area contributed by atoms with E-state index in [9.17, 15) is 0 Å². The first-order chi connectivity index (χ1) is 6.84. The summed E-state index contributed by atoms with van der Waals surface area (Å²) in [5.41, 5.74) is 2.80. The van der Waals surface area contributed by atoms with Crippen molar-refractivity contribution >= 4 is 17.3 Å². The zero-order valence-corrected chi connectivity index (χ0v) is 8.72. The first-order valence-corrected chi connectivity index (χ1v) is 5.48. The molecule has 74 valence electrons. The van der Waals surface area contributed by atoms with E-state index in [1.165, 1.54) is 17.7 Å². The van der Waals surface area contributed by atoms with Gasteiger partial charge in [0, 0.05) is 36.4 Å². The molecule has 2 nitrogen and oxygen atoms in total. The van der Waals surface area contributed by atoms with Crippen molar-refractivity contribution in [1.29, 1.82) is 0 Å². The van der Waals surface area contributed by atoms with E-state index in [4.69, 9.17) is 11.6 Å². The maximum atomic E-state index is 6.01. The molecule has 0 saturated carbocycles. The summed E-state index contributed by atoms with van der Waals surface area (Å²) in [7, 11) is 0. The SMILES string of the molecule is Clc1ccc2c(c1)N1CCNC[C@@H]1C2. The maximum absolute atomic E-state index is 6.01. The molecule has 1 N–H and O–H groups in total. The number of rotatable bonds is 0. The number of halogens is 1. The summed E-state index contributed by atoms with van der Waals surface area (Å²) in [4.78, 5) is 2.48. The lowest BCUT2D eigenvalue weighted by Crippen LogP contribution is -2.49. The molecule has 0 aliphatic carbocycles. The number of anilines is 1. The van der Waals surface area contributed by atoms with Gasteiger partial charge in [-0.05, 0) is 24.1 Å². The number of benzene rings is 1. The molecule has 1 aromatic carbocycles. The summed E-state index contributed by atoms with van der Waals surface area (Å²) in [6, 6.07) is 6.90. The Morgan fingerprint density at radius 1 is 1.43 bits per heavy atom. The average molecular weight is 209 g/mol. The van der Waals surface area contributed by atoms with Crippen LogP contribution in [0.3, 0.4) is 0 Å². The van der Waals surface area contributed by atoms with Crippen molar-refractivity contribution in [2.75, 3.05) is 24.5 Å². The van der Waals surface area contributed by atoms with Gasteiger partial charge in [0.2, 0.25) is 0 Å². The Bertz CT molecular complexity index is 364. The number of nitrogens with one attached hydrogen (secondary N) is 1. The largest absolute Gasteiger partial charge is 0.365 e. The van der Waals surface area contributed by atoms with Crippen LogP contribution in [0.4, 0.5) is 5.69 Å². The molecule has 1 aromatic rings. The molecule has 3 rings (SSSR count). The smallest absolute Gasteiger partial charge is 0.0456 e. The van der Waals surface area contributed by atoms with E-state index in [1.807, 2.05) is 6.07 Å². The molecule has 1 fully saturated rings. The van der Waals surface area contributed by atoms with Crippen LogP contribution in [0.2, 0.25) is 5.02 Å². The number of nitrogens with zero attached hydrogens (tertiary/aromatic N) is 1. The lowest BCUT2D eigenvalue weighted by atomic mass is 10.1. The Morgan fingerprint density at radius 3 is 3.29 bits per heavy atom. The van der Waals surface area contributed by atoms with Gasteiger partial charge in [0.15, 0.2) is 0 Å². The number of hydrogen-bond donors (Lipinski definition) is 1. The highest BCUT2D eigenvalue weighted by Crippen LogP contribution is 2.34. The van der Waals surface area contributed by atoms with Gasteiger partial charge >= 0.3 is 0 Å². The Kier molecular flexibility index (Phi) is 1.92. The molecule has 2 aliphatic rings. The molecule has 0 aromatic heterocycles. The summed E-state index contributed by atoms with van der Waals surface area (Å²) >= 11 is 6.01. The topological polar surface area (TPSA) is 15.3 Å². The number of hydrogen-bond acceptors (Lipinski definition) is 2. The lowest BCUT2D eigenvalue weighted by molar-refractivity contribution is 0.495. The minimum atomic E-state index is 0.650. The summed E-state index contributed by atoms with van der Waals surface area (Å²) in [6.07, 6.45) is 1.17. The van der Waals surface area contributed by atoms with Crippen LogP contribution in [0.5, 0.6) is 0 Å². The predicted molar refractivity (Wildman–Crippen MR) is 59.2 cm³/mol. The monoisotopic (exact) mass is 208 g/mol. The lowest BCUT2D eigenvalue weighted by Gasteiger charge is -2.32. The van der Waals surface area contributed by atoms with Gasteiger partial charge in [-0.3, -0.25) is 0 Å². The van der Waals surface area contributed by atoms with E-state index in [1.54, 1.807) is 0 Å². The summed E-state index contributed by atoms with van der Waals surface area (Å²) in [5.74, 6) is 0. The molecule has 1 saturated heterocycles. The molecule has 0 spiro atoms. The van der Waals surface area contributed by atoms with Crippen LogP contribution >= 0.6 is 11.6 Å². The van der Waals surface area contributed by atoms with Crippen molar-refractivity contribution in [2.45, 2.75) is 12.5 Å². The second kappa shape index (κ2) is 3.14. The van der Waals surface area contributed by atoms with Gasteiger partial charge in [0.25, 0.3) is 0 Å². The Morgan fingerprint density at radius 2 is 2.36 bits per heavy atom. The first kappa shape index (κ1) is 8.57. The van der Waals surface area contributed by atoms with E-state index >= 15 is 0 Å². The highest BCUT2D eigenvalue weighted by molar-refractivity contribution is 6.30. The first-order valence-electron chi connectivity index (χ1n) is 5.10. The maximum Gasteiger partial charge on any atom is 0.0456 e. The summed E-state index contributed by atoms with van der Waals surface area (Å²) in [5, 5.41) is 4.28. The van der Waals surface area contributed by atoms with E-state index in [0.717, 1.165) is 24.7 Å². The van der Waals surface area contributed by atoms with Gasteiger partial charge in [-0.1, -0.05) is 17.7 Å². The van der Waals surface area contributed by atoms with Gasteiger partial charge in [-0.2, -0.15) is 0 Å². The second-order valence-electron chi connectivity index (χ2n) is 4.03. The van der Waals surface area contributed by atoms with Crippen LogP contribution in [0.1, 0.15) is 5.56 Å². The fourth-order valence-corrected chi connectivity index (χ4v) is 2.66. The van der Waals surface area contributed by atoms with Gasteiger partial charge in [-0.15, -0.1) is 0 Å². The Balaban J connectivity index is 2.02. The third kappa shape index (κ3) is 1.22. The van der Waals surface area contributed by atoms with Crippen molar-refractivity contribution < 1.29 is 0 Å². The average Bonchev–Trinajstić information content (AvgIpc) is 2.56. The normalized spacial score (nSPS) is 24.6. The van der Waals surface area contributed by atoms with Crippen molar-refractivity contribution in [2.24, 2.45) is 0 Å². The van der Waals surface area contributed by atoms with E-state index in [-0.39, 0.29) is 0 Å². The third-order valence-corrected chi connectivity index (χ3v) is 3.40. The van der Waals surface area contributed by atoms with E-state index in [2.05, 4.69) is 22.3 Å². The second-order valence-corrected chi connectivity index (χ2v) is 4.46. The highest BCUT2D eigenvalue weighted by atomic mass is 35.5. The fraction of sp³-hybridized carbons (Fsp3) is 0.455. The van der Waals surface area contributed by atoms with Crippen LogP contribution in [0.25, 0.3) is 0 Å². The number of fused-ring (bicyclic) bond motifs is 3. The minimum Gasteiger partial charge on any atom is -0.365 e. The van der Waals surface area contributed by atoms with Crippen LogP contribution in [-0.4, -0.2) is 25.7 Å². The molecular formula is C11H13ClN2. The van der Waals surface area contributed by atoms with E-state index < -0.39 is 0 Å². The summed E-state index contributed by atoms with van der Waals surface area (Å²) in [6.45, 7) is 3.30. The van der Waals surface area contributed by atoms with Gasteiger partial charge in [0.1, 0.15) is 0 Å². The molecular weight excluding hydrogens is 196 g/mol. The zero-order valence-electron chi connectivity index (χ0n) is 7.96. The Hall–Kier alpha value is -0.730. The molecule has 0 amide bonds. The molecule has 0 bridgehead atoms. The van der Waals surface area contributed by atoms with Crippen LogP contribution < -0.4 is 10.2 Å². The fourth-order valence-electron chi connectivity index (χ4n) is 2.49. The van der Waals surface area contributed by atoms with Crippen molar-refractivity contribution in [3.63, 3.8) is 0 Å². The molecule has 2 heterocycles. The van der Waals surface area contributed by atoms with Gasteiger partial charge < -0.3 is 10.2 Å². The van der Waals surface area contributed by atoms with Crippen molar-refractivity contribution in [3.8, 4) is 0 Å². The van der Waals surface area contributed by atoms with Gasteiger partial charge in [0.05, 0.1) is 0 Å². The van der Waals surface area contributed by atoms with Crippen molar-refractivity contribution in [3.05, 3.63) is 28.8 Å². The van der Waals surface area contributed by atoms with Crippen LogP contribution in [0.15, 0.2) is 18.2 Å². The Labute approximate surface area is 88.9 Å². The van der Waals surface area contributed by atoms with Crippen LogP contribution in [0, 0.1) is 0 Å². The van der Waals surface area contributed by atoms with Gasteiger partial charge in [-0.25, -0.2) is 0 Å². The molecule has 2 aliphatic heterocycles. The number of piperazine rings is 1. The zero-order chi connectivity index (χ0) is 9.54. The predicted octanol–water partition coefficient (Wildman–Crippen LogP) is 1.67. The standard InChI is InChI=1S/C11H13ClN2/c12-9-2-1-8-5-10-7-13-3-4-14(10)11(8)6-9/h1-2,6,10,13H,3-5,7H2/t10-/m0/s1. The molecule has 1 atom stereocenters. The van der Waals surface area contributed by atoms with E-state index in [0.29, 0.717) is 6.04 Å². The quantitative estimate of drug-likeness (QED) is 0.698. The molecule has 14 heavy (non-hydrogen) atoms. The molecule has 0 radical (unpaired) electrons. The third-order valence-electron chi connectivity index (χ3n) is 3.16. The van der Waals surface area contributed by atoms with Crippen LogP contribution in [-0.2, 0) is 6.42 Å². The van der Waals surface area contributed by atoms with Crippen molar-refractivity contribution in [1.82, 2.24) is 5.32 Å².